The van der Waals surface area contributed by atoms with Crippen LogP contribution in [0, 0.1) is 0 Å². The molecule has 0 saturated heterocycles. The molecule has 0 fully saturated rings. The number of halogens is 1. The predicted molar refractivity (Wildman–Crippen MR) is 69.5 cm³/mol. The number of likely N-dealkylation sites (N-methyl/N-ethyl adjacent to an activating group) is 1. The van der Waals surface area contributed by atoms with Gasteiger partial charge in [0.25, 0.3) is 0 Å². The molecule has 1 aromatic rings. The molecule has 0 aliphatic rings. The Balaban J connectivity index is 2.61. The molecule has 0 N–H and O–H groups in total. The van der Waals surface area contributed by atoms with E-state index in [4.69, 9.17) is 16.3 Å². The molecule has 1 aromatic carbocycles. The third-order valence-electron chi connectivity index (χ3n) is 2.88. The fraction of sp³-hybridized carbons (Fsp3) is 0.538. The van der Waals surface area contributed by atoms with Gasteiger partial charge in [-0.05, 0) is 45.0 Å². The molecule has 0 spiro atoms. The van der Waals surface area contributed by atoms with Crippen molar-refractivity contribution in [1.82, 2.24) is 4.90 Å². The van der Waals surface area contributed by atoms with Crippen molar-refractivity contribution >= 4 is 11.6 Å². The first-order chi connectivity index (χ1) is 7.54. The van der Waals surface area contributed by atoms with Crippen molar-refractivity contribution < 1.29 is 4.74 Å². The molecule has 16 heavy (non-hydrogen) atoms. The van der Waals surface area contributed by atoms with Crippen molar-refractivity contribution in [2.24, 2.45) is 0 Å². The zero-order valence-electron chi connectivity index (χ0n) is 10.5. The van der Waals surface area contributed by atoms with E-state index in [1.54, 1.807) is 7.11 Å². The highest BCUT2D eigenvalue weighted by Crippen LogP contribution is 2.22. The second kappa shape index (κ2) is 6.12. The normalized spacial score (nSPS) is 11.2. The lowest BCUT2D eigenvalue weighted by atomic mass is 10.1. The zero-order chi connectivity index (χ0) is 12.1. The average molecular weight is 242 g/mol. The summed E-state index contributed by atoms with van der Waals surface area (Å²) in [5.74, 6) is 0.811. The number of methoxy groups -OCH3 is 1. The van der Waals surface area contributed by atoms with E-state index in [-0.39, 0.29) is 0 Å². The summed E-state index contributed by atoms with van der Waals surface area (Å²) in [6.45, 7) is 5.40. The third-order valence-corrected chi connectivity index (χ3v) is 3.23. The van der Waals surface area contributed by atoms with E-state index in [9.17, 15) is 0 Å². The summed E-state index contributed by atoms with van der Waals surface area (Å²) in [7, 11) is 3.78. The Bertz CT molecular complexity index is 339. The van der Waals surface area contributed by atoms with Crippen molar-refractivity contribution in [3.05, 3.63) is 28.8 Å². The molecule has 0 saturated carbocycles. The van der Waals surface area contributed by atoms with Crippen molar-refractivity contribution in [2.75, 3.05) is 20.7 Å². The van der Waals surface area contributed by atoms with Gasteiger partial charge in [-0.2, -0.15) is 0 Å². The molecule has 0 unspecified atom stereocenters. The number of rotatable bonds is 5. The quantitative estimate of drug-likeness (QED) is 0.785. The summed E-state index contributed by atoms with van der Waals surface area (Å²) in [6.07, 6.45) is 0.970. The topological polar surface area (TPSA) is 12.5 Å². The zero-order valence-corrected chi connectivity index (χ0v) is 11.2. The van der Waals surface area contributed by atoms with Crippen molar-refractivity contribution in [2.45, 2.75) is 26.3 Å². The number of nitrogens with zero attached hydrogens (tertiary/aromatic N) is 1. The van der Waals surface area contributed by atoms with Crippen LogP contribution >= 0.6 is 11.6 Å². The minimum absolute atomic E-state index is 0.567. The summed E-state index contributed by atoms with van der Waals surface area (Å²) in [5.41, 5.74) is 1.18. The predicted octanol–water partition coefficient (Wildman–Crippen LogP) is 3.23. The van der Waals surface area contributed by atoms with Crippen molar-refractivity contribution in [3.8, 4) is 5.75 Å². The van der Waals surface area contributed by atoms with Gasteiger partial charge >= 0.3 is 0 Å². The molecule has 0 aromatic heterocycles. The van der Waals surface area contributed by atoms with Crippen LogP contribution in [-0.2, 0) is 6.42 Å². The van der Waals surface area contributed by atoms with Gasteiger partial charge < -0.3 is 9.64 Å². The summed E-state index contributed by atoms with van der Waals surface area (Å²) >= 11 is 6.17. The first-order valence-corrected chi connectivity index (χ1v) is 5.95. The highest BCUT2D eigenvalue weighted by atomic mass is 35.5. The molecule has 0 aliphatic carbocycles. The van der Waals surface area contributed by atoms with Crippen LogP contribution < -0.4 is 4.74 Å². The highest BCUT2D eigenvalue weighted by Gasteiger charge is 2.06. The Morgan fingerprint density at radius 2 is 2.06 bits per heavy atom. The van der Waals surface area contributed by atoms with Crippen LogP contribution in [0.15, 0.2) is 18.2 Å². The van der Waals surface area contributed by atoms with Crippen LogP contribution in [0.4, 0.5) is 0 Å². The fourth-order valence-corrected chi connectivity index (χ4v) is 1.68. The van der Waals surface area contributed by atoms with Gasteiger partial charge in [0, 0.05) is 17.6 Å². The molecule has 0 radical (unpaired) electrons. The summed E-state index contributed by atoms with van der Waals surface area (Å²) in [5, 5.41) is 0.788. The monoisotopic (exact) mass is 241 g/mol. The van der Waals surface area contributed by atoms with Crippen LogP contribution in [0.25, 0.3) is 0 Å². The van der Waals surface area contributed by atoms with Crippen LogP contribution in [0.2, 0.25) is 5.02 Å². The van der Waals surface area contributed by atoms with E-state index in [0.717, 1.165) is 23.7 Å². The third kappa shape index (κ3) is 3.69. The molecule has 0 amide bonds. The van der Waals surface area contributed by atoms with Crippen LogP contribution in [0.5, 0.6) is 5.75 Å². The molecular weight excluding hydrogens is 222 g/mol. The van der Waals surface area contributed by atoms with E-state index in [0.29, 0.717) is 6.04 Å². The minimum Gasteiger partial charge on any atom is -0.497 e. The van der Waals surface area contributed by atoms with Gasteiger partial charge in [-0.3, -0.25) is 0 Å². The lowest BCUT2D eigenvalue weighted by molar-refractivity contribution is 0.277. The first kappa shape index (κ1) is 13.3. The van der Waals surface area contributed by atoms with Gasteiger partial charge in [0.1, 0.15) is 5.75 Å². The molecule has 2 nitrogen and oxygen atoms in total. The second-order valence-corrected chi connectivity index (χ2v) is 4.69. The maximum atomic E-state index is 6.17. The number of hydrogen-bond donors (Lipinski definition) is 0. The maximum Gasteiger partial charge on any atom is 0.120 e. The van der Waals surface area contributed by atoms with E-state index in [1.807, 2.05) is 18.2 Å². The van der Waals surface area contributed by atoms with Gasteiger partial charge in [-0.1, -0.05) is 17.7 Å². The molecular formula is C13H20ClNO. The van der Waals surface area contributed by atoms with Gasteiger partial charge in [0.2, 0.25) is 0 Å². The number of ether oxygens (including phenoxy) is 1. The fourth-order valence-electron chi connectivity index (χ4n) is 1.41. The van der Waals surface area contributed by atoms with Crippen LogP contribution in [0.1, 0.15) is 19.4 Å². The lowest BCUT2D eigenvalue weighted by Crippen LogP contribution is -2.28. The molecule has 0 heterocycles. The Morgan fingerprint density at radius 1 is 1.38 bits per heavy atom. The standard InChI is InChI=1S/C13H20ClNO/c1-10(2)15(3)8-7-11-5-6-12(16-4)9-13(11)14/h5-6,9-10H,7-8H2,1-4H3. The van der Waals surface area contributed by atoms with Gasteiger partial charge in [0.05, 0.1) is 7.11 Å². The number of hydrogen-bond acceptors (Lipinski definition) is 2. The largest absolute Gasteiger partial charge is 0.497 e. The molecule has 0 aliphatic heterocycles. The molecule has 3 heteroatoms. The molecule has 90 valence electrons. The van der Waals surface area contributed by atoms with Gasteiger partial charge in [-0.15, -0.1) is 0 Å². The molecule has 1 rings (SSSR count). The van der Waals surface area contributed by atoms with Crippen molar-refractivity contribution in [1.29, 1.82) is 0 Å². The average Bonchev–Trinajstić information content (AvgIpc) is 2.26. The van der Waals surface area contributed by atoms with Gasteiger partial charge in [0.15, 0.2) is 0 Å². The summed E-state index contributed by atoms with van der Waals surface area (Å²) in [6, 6.07) is 6.43. The van der Waals surface area contributed by atoms with Crippen molar-refractivity contribution in [3.63, 3.8) is 0 Å². The number of benzene rings is 1. The minimum atomic E-state index is 0.567. The molecule has 0 bridgehead atoms. The summed E-state index contributed by atoms with van der Waals surface area (Å²) < 4.78 is 5.12. The van der Waals surface area contributed by atoms with E-state index < -0.39 is 0 Å². The Kier molecular flexibility index (Phi) is 5.10. The van der Waals surface area contributed by atoms with Crippen LogP contribution in [-0.4, -0.2) is 31.6 Å². The first-order valence-electron chi connectivity index (χ1n) is 5.57. The molecule has 0 atom stereocenters. The van der Waals surface area contributed by atoms with E-state index in [2.05, 4.69) is 25.8 Å². The Morgan fingerprint density at radius 3 is 2.56 bits per heavy atom. The van der Waals surface area contributed by atoms with Crippen LogP contribution in [0.3, 0.4) is 0 Å². The summed E-state index contributed by atoms with van der Waals surface area (Å²) in [4.78, 5) is 2.31. The van der Waals surface area contributed by atoms with E-state index >= 15 is 0 Å². The Hall–Kier alpha value is -0.730. The SMILES string of the molecule is COc1ccc(CCN(C)C(C)C)c(Cl)c1. The lowest BCUT2D eigenvalue weighted by Gasteiger charge is -2.21. The Labute approximate surface area is 103 Å². The van der Waals surface area contributed by atoms with Gasteiger partial charge in [-0.25, -0.2) is 0 Å². The maximum absolute atomic E-state index is 6.17. The van der Waals surface area contributed by atoms with E-state index in [1.165, 1.54) is 5.56 Å². The second-order valence-electron chi connectivity index (χ2n) is 4.28. The smallest absolute Gasteiger partial charge is 0.120 e. The highest BCUT2D eigenvalue weighted by molar-refractivity contribution is 6.31.